The lowest BCUT2D eigenvalue weighted by Gasteiger charge is -2.46. The van der Waals surface area contributed by atoms with Gasteiger partial charge in [-0.25, -0.2) is 4.79 Å². The standard InChI is InChI=1S/C17H19NO5/c19-15-8-13-6-12(16(20)21)7-14(9-15)18(13)17(22)23-10-11-4-2-1-3-5-11/h1-5,12-14H,6-10H2,(H,20,21). The van der Waals surface area contributed by atoms with Crippen LogP contribution in [0.5, 0.6) is 0 Å². The highest BCUT2D eigenvalue weighted by atomic mass is 16.6. The fourth-order valence-corrected chi connectivity index (χ4v) is 3.54. The zero-order valence-electron chi connectivity index (χ0n) is 12.7. The second-order valence-electron chi connectivity index (χ2n) is 6.21. The molecule has 1 N–H and O–H groups in total. The lowest BCUT2D eigenvalue weighted by atomic mass is 9.78. The van der Waals surface area contributed by atoms with Gasteiger partial charge >= 0.3 is 12.1 Å². The normalized spacial score (nSPS) is 26.7. The third kappa shape index (κ3) is 3.36. The van der Waals surface area contributed by atoms with E-state index in [1.54, 1.807) is 4.90 Å². The number of rotatable bonds is 3. The maximum Gasteiger partial charge on any atom is 0.410 e. The molecule has 122 valence electrons. The summed E-state index contributed by atoms with van der Waals surface area (Å²) in [7, 11) is 0. The Morgan fingerprint density at radius 1 is 1.13 bits per heavy atom. The van der Waals surface area contributed by atoms with Crippen molar-refractivity contribution in [1.29, 1.82) is 0 Å². The van der Waals surface area contributed by atoms with Crippen molar-refractivity contribution in [3.05, 3.63) is 35.9 Å². The predicted octanol–water partition coefficient (Wildman–Crippen LogP) is 2.22. The molecule has 2 saturated heterocycles. The van der Waals surface area contributed by atoms with E-state index in [0.29, 0.717) is 12.8 Å². The molecule has 1 amide bonds. The maximum absolute atomic E-state index is 12.4. The summed E-state index contributed by atoms with van der Waals surface area (Å²) in [5.41, 5.74) is 0.891. The molecule has 0 radical (unpaired) electrons. The van der Waals surface area contributed by atoms with Crippen molar-refractivity contribution in [3.8, 4) is 0 Å². The topological polar surface area (TPSA) is 83.9 Å². The number of carboxylic acid groups (broad SMARTS) is 1. The molecule has 2 atom stereocenters. The van der Waals surface area contributed by atoms with Crippen molar-refractivity contribution >= 4 is 17.8 Å². The van der Waals surface area contributed by atoms with Crippen LogP contribution in [0.4, 0.5) is 4.79 Å². The first-order valence-electron chi connectivity index (χ1n) is 7.78. The second-order valence-corrected chi connectivity index (χ2v) is 6.21. The van der Waals surface area contributed by atoms with Gasteiger partial charge in [0.15, 0.2) is 0 Å². The van der Waals surface area contributed by atoms with Gasteiger partial charge in [0.2, 0.25) is 0 Å². The summed E-state index contributed by atoms with van der Waals surface area (Å²) in [6.07, 6.45) is 0.623. The second kappa shape index (κ2) is 6.40. The average Bonchev–Trinajstić information content (AvgIpc) is 2.52. The minimum absolute atomic E-state index is 0.0935. The van der Waals surface area contributed by atoms with E-state index in [0.717, 1.165) is 5.56 Å². The molecule has 2 bridgehead atoms. The maximum atomic E-state index is 12.4. The third-order valence-corrected chi connectivity index (χ3v) is 4.59. The molecule has 0 saturated carbocycles. The number of amides is 1. The lowest BCUT2D eigenvalue weighted by molar-refractivity contribution is -0.147. The summed E-state index contributed by atoms with van der Waals surface area (Å²) in [5.74, 6) is -1.25. The Labute approximate surface area is 134 Å². The fourth-order valence-electron chi connectivity index (χ4n) is 3.54. The van der Waals surface area contributed by atoms with Crippen molar-refractivity contribution < 1.29 is 24.2 Å². The first-order valence-corrected chi connectivity index (χ1v) is 7.78. The van der Waals surface area contributed by atoms with Crippen molar-refractivity contribution in [2.45, 2.75) is 44.4 Å². The highest BCUT2D eigenvalue weighted by Crippen LogP contribution is 2.36. The molecule has 6 nitrogen and oxygen atoms in total. The van der Waals surface area contributed by atoms with Gasteiger partial charge in [-0.15, -0.1) is 0 Å². The SMILES string of the molecule is O=C1CC2CC(C(=O)O)CC(C1)N2C(=O)OCc1ccccc1. The van der Waals surface area contributed by atoms with E-state index in [9.17, 15) is 19.5 Å². The molecular formula is C17H19NO5. The van der Waals surface area contributed by atoms with E-state index in [4.69, 9.17) is 4.74 Å². The molecule has 1 aromatic carbocycles. The number of hydrogen-bond donors (Lipinski definition) is 1. The summed E-state index contributed by atoms with van der Waals surface area (Å²) in [5, 5.41) is 9.22. The van der Waals surface area contributed by atoms with Crippen LogP contribution in [-0.2, 0) is 20.9 Å². The van der Waals surface area contributed by atoms with Crippen LogP contribution >= 0.6 is 0 Å². The summed E-state index contributed by atoms with van der Waals surface area (Å²) in [4.78, 5) is 37.0. The van der Waals surface area contributed by atoms with E-state index in [2.05, 4.69) is 0 Å². The first kappa shape index (κ1) is 15.5. The third-order valence-electron chi connectivity index (χ3n) is 4.59. The van der Waals surface area contributed by atoms with Crippen LogP contribution in [-0.4, -0.2) is 39.9 Å². The molecule has 0 aromatic heterocycles. The van der Waals surface area contributed by atoms with Crippen LogP contribution in [0.3, 0.4) is 0 Å². The Kier molecular flexibility index (Phi) is 4.32. The van der Waals surface area contributed by atoms with Gasteiger partial charge in [-0.05, 0) is 18.4 Å². The van der Waals surface area contributed by atoms with Gasteiger partial charge in [-0.3, -0.25) is 9.59 Å². The number of ketones is 1. The van der Waals surface area contributed by atoms with Crippen LogP contribution in [0.25, 0.3) is 0 Å². The average molecular weight is 317 g/mol. The predicted molar refractivity (Wildman–Crippen MR) is 80.6 cm³/mol. The number of benzene rings is 1. The van der Waals surface area contributed by atoms with E-state index < -0.39 is 18.0 Å². The van der Waals surface area contributed by atoms with Gasteiger partial charge in [-0.2, -0.15) is 0 Å². The quantitative estimate of drug-likeness (QED) is 0.924. The Bertz CT molecular complexity index is 597. The molecule has 2 fully saturated rings. The molecule has 2 heterocycles. The van der Waals surface area contributed by atoms with Crippen LogP contribution in [0.1, 0.15) is 31.2 Å². The number of ether oxygens (including phenoxy) is 1. The molecule has 3 rings (SSSR count). The van der Waals surface area contributed by atoms with Crippen molar-refractivity contribution in [3.63, 3.8) is 0 Å². The number of fused-ring (bicyclic) bond motifs is 2. The molecule has 0 spiro atoms. The van der Waals surface area contributed by atoms with E-state index in [1.807, 2.05) is 30.3 Å². The molecular weight excluding hydrogens is 298 g/mol. The Morgan fingerprint density at radius 3 is 2.30 bits per heavy atom. The molecule has 23 heavy (non-hydrogen) atoms. The number of carbonyl (C=O) groups is 3. The Morgan fingerprint density at radius 2 is 1.74 bits per heavy atom. The van der Waals surface area contributed by atoms with Gasteiger partial charge < -0.3 is 14.7 Å². The number of hydrogen-bond acceptors (Lipinski definition) is 4. The minimum Gasteiger partial charge on any atom is -0.481 e. The highest BCUT2D eigenvalue weighted by molar-refractivity contribution is 5.84. The number of nitrogens with zero attached hydrogens (tertiary/aromatic N) is 1. The van der Waals surface area contributed by atoms with Crippen molar-refractivity contribution in [2.75, 3.05) is 0 Å². The van der Waals surface area contributed by atoms with Gasteiger partial charge in [-0.1, -0.05) is 30.3 Å². The monoisotopic (exact) mass is 317 g/mol. The smallest absolute Gasteiger partial charge is 0.410 e. The van der Waals surface area contributed by atoms with Crippen LogP contribution < -0.4 is 0 Å². The first-order chi connectivity index (χ1) is 11.0. The molecule has 0 aliphatic carbocycles. The number of carboxylic acids is 1. The van der Waals surface area contributed by atoms with Crippen LogP contribution in [0, 0.1) is 5.92 Å². The molecule has 2 aliphatic heterocycles. The van der Waals surface area contributed by atoms with Crippen molar-refractivity contribution in [2.24, 2.45) is 5.92 Å². The van der Waals surface area contributed by atoms with Crippen LogP contribution in [0.15, 0.2) is 30.3 Å². The zero-order valence-corrected chi connectivity index (χ0v) is 12.7. The van der Waals surface area contributed by atoms with E-state index in [1.165, 1.54) is 0 Å². The molecule has 6 heteroatoms. The molecule has 2 aliphatic rings. The van der Waals surface area contributed by atoms with Gasteiger partial charge in [0.25, 0.3) is 0 Å². The molecule has 2 unspecified atom stereocenters. The van der Waals surface area contributed by atoms with Crippen LogP contribution in [0.2, 0.25) is 0 Å². The zero-order chi connectivity index (χ0) is 16.4. The summed E-state index contributed by atoms with van der Waals surface area (Å²) < 4.78 is 5.36. The largest absolute Gasteiger partial charge is 0.481 e. The lowest BCUT2D eigenvalue weighted by Crippen LogP contribution is -2.57. The number of carbonyl (C=O) groups excluding carboxylic acids is 2. The van der Waals surface area contributed by atoms with Gasteiger partial charge in [0.05, 0.1) is 5.92 Å². The molecule has 1 aromatic rings. The Hall–Kier alpha value is -2.37. The number of aliphatic carboxylic acids is 1. The summed E-state index contributed by atoms with van der Waals surface area (Å²) >= 11 is 0. The van der Waals surface area contributed by atoms with Gasteiger partial charge in [0, 0.05) is 24.9 Å². The Balaban J connectivity index is 1.67. The van der Waals surface area contributed by atoms with Crippen molar-refractivity contribution in [1.82, 2.24) is 4.90 Å². The fraction of sp³-hybridized carbons (Fsp3) is 0.471. The number of Topliss-reactive ketones (excluding diaryl/α,β-unsaturated/α-hetero) is 1. The highest BCUT2D eigenvalue weighted by Gasteiger charge is 2.46. The van der Waals surface area contributed by atoms with Gasteiger partial charge in [0.1, 0.15) is 12.4 Å². The summed E-state index contributed by atoms with van der Waals surface area (Å²) in [6.45, 7) is 0.173. The number of piperidine rings is 2. The van der Waals surface area contributed by atoms with E-state index in [-0.39, 0.29) is 37.3 Å². The summed E-state index contributed by atoms with van der Waals surface area (Å²) in [6, 6.07) is 8.64. The minimum atomic E-state index is -0.855. The van der Waals surface area contributed by atoms with E-state index >= 15 is 0 Å².